The van der Waals surface area contributed by atoms with E-state index in [4.69, 9.17) is 15.6 Å². The summed E-state index contributed by atoms with van der Waals surface area (Å²) in [6.45, 7) is 2.81. The number of aryl methyl sites for hydroxylation is 1. The summed E-state index contributed by atoms with van der Waals surface area (Å²) in [6, 6.07) is 5.27. The molecule has 3 N–H and O–H groups in total. The van der Waals surface area contributed by atoms with Crippen LogP contribution in [0.4, 0.5) is 5.69 Å². The Morgan fingerprint density at radius 1 is 1.48 bits per heavy atom. The lowest BCUT2D eigenvalue weighted by Gasteiger charge is -2.09. The number of carbonyl (C=O) groups is 1. The first kappa shape index (κ1) is 14.8. The molecule has 2 aromatic rings. The Labute approximate surface area is 121 Å². The summed E-state index contributed by atoms with van der Waals surface area (Å²) in [7, 11) is 0. The van der Waals surface area contributed by atoms with Gasteiger partial charge in [0.2, 0.25) is 0 Å². The molecule has 21 heavy (non-hydrogen) atoms. The second kappa shape index (κ2) is 6.69. The molecule has 1 aromatic heterocycles. The van der Waals surface area contributed by atoms with Crippen molar-refractivity contribution >= 4 is 11.7 Å². The van der Waals surface area contributed by atoms with Gasteiger partial charge in [0.15, 0.2) is 5.82 Å². The number of rotatable bonds is 7. The van der Waals surface area contributed by atoms with Gasteiger partial charge in [0.25, 0.3) is 0 Å². The third-order valence-electron chi connectivity index (χ3n) is 2.80. The van der Waals surface area contributed by atoms with Crippen molar-refractivity contribution in [2.45, 2.75) is 26.3 Å². The molecule has 0 aliphatic carbocycles. The number of carboxylic acid groups (broad SMARTS) is 1. The molecule has 112 valence electrons. The molecule has 0 fully saturated rings. The van der Waals surface area contributed by atoms with Crippen LogP contribution < -0.4 is 10.5 Å². The van der Waals surface area contributed by atoms with Crippen molar-refractivity contribution in [3.8, 4) is 17.1 Å². The highest BCUT2D eigenvalue weighted by Crippen LogP contribution is 2.27. The molecule has 0 saturated carbocycles. The van der Waals surface area contributed by atoms with Crippen molar-refractivity contribution in [2.24, 2.45) is 0 Å². The number of carboxylic acids is 1. The van der Waals surface area contributed by atoms with Crippen molar-refractivity contribution in [3.63, 3.8) is 0 Å². The van der Waals surface area contributed by atoms with Crippen LogP contribution >= 0.6 is 0 Å². The highest BCUT2D eigenvalue weighted by molar-refractivity contribution is 5.67. The lowest BCUT2D eigenvalue weighted by atomic mass is 10.1. The molecule has 0 saturated heterocycles. The fourth-order valence-electron chi connectivity index (χ4n) is 1.79. The number of hydrogen-bond donors (Lipinski definition) is 2. The summed E-state index contributed by atoms with van der Waals surface area (Å²) >= 11 is 0. The predicted octanol–water partition coefficient (Wildman–Crippen LogP) is 1.19. The van der Waals surface area contributed by atoms with Crippen molar-refractivity contribution in [3.05, 3.63) is 18.2 Å². The second-order valence-electron chi connectivity index (χ2n) is 4.47. The first-order chi connectivity index (χ1) is 10.1. The zero-order valence-corrected chi connectivity index (χ0v) is 11.7. The Hall–Kier alpha value is -2.64. The Morgan fingerprint density at radius 3 is 2.95 bits per heavy atom. The number of aromatic nitrogens is 4. The monoisotopic (exact) mass is 291 g/mol. The summed E-state index contributed by atoms with van der Waals surface area (Å²) in [4.78, 5) is 10.6. The van der Waals surface area contributed by atoms with Crippen LogP contribution in [0.2, 0.25) is 0 Å². The molecular formula is C13H17N5O3. The minimum atomic E-state index is -0.903. The lowest BCUT2D eigenvalue weighted by Crippen LogP contribution is -2.08. The highest BCUT2D eigenvalue weighted by atomic mass is 16.5. The number of tetrazole rings is 1. The second-order valence-corrected chi connectivity index (χ2v) is 4.47. The average Bonchev–Trinajstić information content (AvgIpc) is 2.92. The van der Waals surface area contributed by atoms with Gasteiger partial charge in [-0.2, -0.15) is 0 Å². The Balaban J connectivity index is 2.20. The topological polar surface area (TPSA) is 116 Å². The predicted molar refractivity (Wildman–Crippen MR) is 75.7 cm³/mol. The molecule has 0 atom stereocenters. The van der Waals surface area contributed by atoms with Gasteiger partial charge in [-0.3, -0.25) is 4.79 Å². The zero-order valence-electron chi connectivity index (χ0n) is 11.7. The van der Waals surface area contributed by atoms with Gasteiger partial charge in [0.1, 0.15) is 5.75 Å². The van der Waals surface area contributed by atoms with Crippen LogP contribution in [0.5, 0.6) is 5.75 Å². The van der Waals surface area contributed by atoms with E-state index in [0.29, 0.717) is 29.4 Å². The van der Waals surface area contributed by atoms with E-state index < -0.39 is 5.97 Å². The number of nitrogen functional groups attached to an aromatic ring is 1. The Morgan fingerprint density at radius 2 is 2.29 bits per heavy atom. The molecule has 8 nitrogen and oxygen atoms in total. The fraction of sp³-hybridized carbons (Fsp3) is 0.385. The van der Waals surface area contributed by atoms with E-state index in [0.717, 1.165) is 6.42 Å². The quantitative estimate of drug-likeness (QED) is 0.736. The van der Waals surface area contributed by atoms with Crippen LogP contribution in [-0.4, -0.2) is 37.9 Å². The van der Waals surface area contributed by atoms with Gasteiger partial charge >= 0.3 is 5.97 Å². The van der Waals surface area contributed by atoms with Crippen molar-refractivity contribution in [1.29, 1.82) is 0 Å². The Bertz CT molecular complexity index is 626. The maximum Gasteiger partial charge on any atom is 0.305 e. The first-order valence-corrected chi connectivity index (χ1v) is 6.62. The van der Waals surface area contributed by atoms with Crippen LogP contribution in [0.1, 0.15) is 19.8 Å². The lowest BCUT2D eigenvalue weighted by molar-refractivity contribution is -0.137. The van der Waals surface area contributed by atoms with Gasteiger partial charge < -0.3 is 15.6 Å². The number of nitrogens with zero attached hydrogens (tertiary/aromatic N) is 4. The van der Waals surface area contributed by atoms with Gasteiger partial charge in [0, 0.05) is 5.56 Å². The van der Waals surface area contributed by atoms with Gasteiger partial charge in [0.05, 0.1) is 25.3 Å². The van der Waals surface area contributed by atoms with Gasteiger partial charge in [-0.05, 0) is 35.0 Å². The van der Waals surface area contributed by atoms with Crippen LogP contribution in [0.25, 0.3) is 11.4 Å². The number of hydrogen-bond acceptors (Lipinski definition) is 6. The summed E-state index contributed by atoms with van der Waals surface area (Å²) in [6.07, 6.45) is 0.847. The first-order valence-electron chi connectivity index (χ1n) is 6.62. The number of ether oxygens (including phenoxy) is 1. The number of anilines is 1. The van der Waals surface area contributed by atoms with Crippen LogP contribution in [-0.2, 0) is 11.3 Å². The molecule has 0 amide bonds. The molecule has 0 radical (unpaired) electrons. The van der Waals surface area contributed by atoms with Crippen molar-refractivity contribution in [2.75, 3.05) is 12.3 Å². The van der Waals surface area contributed by atoms with E-state index in [1.54, 1.807) is 18.2 Å². The van der Waals surface area contributed by atoms with Gasteiger partial charge in [-0.15, -0.1) is 5.10 Å². The molecule has 1 aromatic carbocycles. The molecule has 0 unspecified atom stereocenters. The number of aliphatic carboxylic acids is 1. The van der Waals surface area contributed by atoms with Crippen LogP contribution in [0.15, 0.2) is 18.2 Å². The Kier molecular flexibility index (Phi) is 4.70. The summed E-state index contributed by atoms with van der Waals surface area (Å²) < 4.78 is 6.95. The van der Waals surface area contributed by atoms with E-state index in [1.165, 1.54) is 4.68 Å². The van der Waals surface area contributed by atoms with E-state index in [-0.39, 0.29) is 13.0 Å². The fourth-order valence-corrected chi connectivity index (χ4v) is 1.79. The molecule has 1 heterocycles. The molecule has 0 aliphatic rings. The molecule has 0 aliphatic heterocycles. The average molecular weight is 291 g/mol. The van der Waals surface area contributed by atoms with Gasteiger partial charge in [-0.25, -0.2) is 4.68 Å². The third-order valence-corrected chi connectivity index (χ3v) is 2.80. The van der Waals surface area contributed by atoms with E-state index in [2.05, 4.69) is 15.5 Å². The molecule has 0 spiro atoms. The standard InChI is InChI=1S/C13H17N5O3/c1-2-7-21-11-4-3-9(8-10(11)14)13-15-16-17-18(13)6-5-12(19)20/h3-4,8H,2,5-7,14H2,1H3,(H,19,20). The van der Waals surface area contributed by atoms with Crippen molar-refractivity contribution in [1.82, 2.24) is 20.2 Å². The minimum absolute atomic E-state index is 0.0504. The maximum atomic E-state index is 10.6. The zero-order chi connectivity index (χ0) is 15.2. The summed E-state index contributed by atoms with van der Waals surface area (Å²) in [5.74, 6) is 0.189. The summed E-state index contributed by atoms with van der Waals surface area (Å²) in [5.41, 5.74) is 7.15. The molecule has 0 bridgehead atoms. The maximum absolute atomic E-state index is 10.6. The number of benzene rings is 1. The number of nitrogens with two attached hydrogens (primary N) is 1. The molecule has 8 heteroatoms. The molecule has 2 rings (SSSR count). The largest absolute Gasteiger partial charge is 0.491 e. The molecular weight excluding hydrogens is 274 g/mol. The third kappa shape index (κ3) is 3.68. The van der Waals surface area contributed by atoms with Gasteiger partial charge in [-0.1, -0.05) is 6.92 Å². The van der Waals surface area contributed by atoms with E-state index in [9.17, 15) is 4.79 Å². The van der Waals surface area contributed by atoms with Crippen LogP contribution in [0.3, 0.4) is 0 Å². The minimum Gasteiger partial charge on any atom is -0.491 e. The smallest absolute Gasteiger partial charge is 0.305 e. The van der Waals surface area contributed by atoms with Crippen molar-refractivity contribution < 1.29 is 14.6 Å². The van der Waals surface area contributed by atoms with Crippen LogP contribution in [0, 0.1) is 0 Å². The normalized spacial score (nSPS) is 10.5. The summed E-state index contributed by atoms with van der Waals surface area (Å²) in [5, 5.41) is 20.0. The SMILES string of the molecule is CCCOc1ccc(-c2nnnn2CCC(=O)O)cc1N. The van der Waals surface area contributed by atoms with E-state index in [1.807, 2.05) is 6.92 Å². The van der Waals surface area contributed by atoms with E-state index >= 15 is 0 Å². The highest BCUT2D eigenvalue weighted by Gasteiger charge is 2.12.